The first kappa shape index (κ1) is 12.4. The second-order valence-electron chi connectivity index (χ2n) is 5.22. The van der Waals surface area contributed by atoms with Gasteiger partial charge in [-0.25, -0.2) is 0 Å². The minimum atomic E-state index is 0.186. The smallest absolute Gasteiger partial charge is 0.241 e. The quantitative estimate of drug-likeness (QED) is 0.917. The third kappa shape index (κ3) is 2.28. The Hall–Kier alpha value is -1.68. The molecule has 1 aromatic carbocycles. The van der Waals surface area contributed by atoms with Gasteiger partial charge in [0.25, 0.3) is 0 Å². The molecule has 0 aliphatic heterocycles. The van der Waals surface area contributed by atoms with Crippen molar-refractivity contribution in [3.63, 3.8) is 0 Å². The number of benzene rings is 1. The van der Waals surface area contributed by atoms with E-state index in [2.05, 4.69) is 16.3 Å². The lowest BCUT2D eigenvalue weighted by molar-refractivity contribution is 0.156. The van der Waals surface area contributed by atoms with Crippen LogP contribution in [0, 0.1) is 12.8 Å². The van der Waals surface area contributed by atoms with E-state index in [1.54, 1.807) is 0 Å². The Morgan fingerprint density at radius 2 is 2.00 bits per heavy atom. The molecule has 0 bridgehead atoms. The van der Waals surface area contributed by atoms with Gasteiger partial charge in [-0.3, -0.25) is 0 Å². The summed E-state index contributed by atoms with van der Waals surface area (Å²) in [6.45, 7) is 2.65. The third-order valence-corrected chi connectivity index (χ3v) is 3.99. The summed E-state index contributed by atoms with van der Waals surface area (Å²) >= 11 is 0. The first-order valence-electron chi connectivity index (χ1n) is 6.88. The molecule has 19 heavy (non-hydrogen) atoms. The average Bonchev–Trinajstić information content (AvgIpc) is 2.89. The van der Waals surface area contributed by atoms with E-state index in [0.29, 0.717) is 18.3 Å². The van der Waals surface area contributed by atoms with Crippen LogP contribution in [0.15, 0.2) is 24.3 Å². The first-order valence-corrected chi connectivity index (χ1v) is 6.88. The molecule has 4 nitrogen and oxygen atoms in total. The van der Waals surface area contributed by atoms with Crippen molar-refractivity contribution < 1.29 is 4.74 Å². The van der Waals surface area contributed by atoms with Crippen LogP contribution in [0.1, 0.15) is 25.0 Å². The molecule has 0 radical (unpaired) electrons. The Kier molecular flexibility index (Phi) is 3.34. The van der Waals surface area contributed by atoms with Crippen LogP contribution >= 0.6 is 0 Å². The molecule has 2 atom stereocenters. The molecule has 2 N–H and O–H groups in total. The van der Waals surface area contributed by atoms with Crippen LogP contribution in [0.5, 0.6) is 5.88 Å². The number of hydrogen-bond donors (Lipinski definition) is 1. The zero-order chi connectivity index (χ0) is 13.2. The maximum absolute atomic E-state index is 6.09. The molecule has 3 rings (SSSR count). The summed E-state index contributed by atoms with van der Waals surface area (Å²) in [6.07, 6.45) is 3.58. The highest BCUT2D eigenvalue weighted by Gasteiger charge is 2.28. The Morgan fingerprint density at radius 3 is 2.79 bits per heavy atom. The van der Waals surface area contributed by atoms with E-state index >= 15 is 0 Å². The fourth-order valence-corrected chi connectivity index (χ4v) is 2.87. The predicted molar refractivity (Wildman–Crippen MR) is 75.1 cm³/mol. The Balaban J connectivity index is 1.95. The van der Waals surface area contributed by atoms with Crippen LogP contribution in [0.2, 0.25) is 0 Å². The van der Waals surface area contributed by atoms with Gasteiger partial charge in [-0.05, 0) is 38.8 Å². The first-order chi connectivity index (χ1) is 9.29. The van der Waals surface area contributed by atoms with Gasteiger partial charge in [0.1, 0.15) is 6.10 Å². The highest BCUT2D eigenvalue weighted by atomic mass is 16.5. The molecule has 0 saturated heterocycles. The average molecular weight is 257 g/mol. The summed E-state index contributed by atoms with van der Waals surface area (Å²) in [7, 11) is 0. The fourth-order valence-electron chi connectivity index (χ4n) is 2.87. The molecule has 1 saturated carbocycles. The number of nitrogens with two attached hydrogens (primary N) is 1. The lowest BCUT2D eigenvalue weighted by Gasteiger charge is -2.19. The van der Waals surface area contributed by atoms with E-state index in [0.717, 1.165) is 29.3 Å². The van der Waals surface area contributed by atoms with Gasteiger partial charge in [0, 0.05) is 16.7 Å². The number of aromatic nitrogens is 2. The predicted octanol–water partition coefficient (Wildman–Crippen LogP) is 2.44. The van der Waals surface area contributed by atoms with Crippen molar-refractivity contribution in [2.75, 3.05) is 6.54 Å². The SMILES string of the molecule is Cc1nnc(OC2CCCC2CN)c2ccccc12. The Labute approximate surface area is 113 Å². The fraction of sp³-hybridized carbons (Fsp3) is 0.467. The molecule has 2 unspecified atom stereocenters. The van der Waals surface area contributed by atoms with E-state index in [1.165, 1.54) is 6.42 Å². The molecular formula is C15H19N3O. The number of hydrogen-bond acceptors (Lipinski definition) is 4. The summed E-state index contributed by atoms with van der Waals surface area (Å²) in [5.74, 6) is 1.09. The molecule has 4 heteroatoms. The topological polar surface area (TPSA) is 61.0 Å². The maximum Gasteiger partial charge on any atom is 0.241 e. The summed E-state index contributed by atoms with van der Waals surface area (Å²) in [5.41, 5.74) is 6.73. The van der Waals surface area contributed by atoms with Crippen molar-refractivity contribution in [3.05, 3.63) is 30.0 Å². The van der Waals surface area contributed by atoms with Gasteiger partial charge in [-0.15, -0.1) is 5.10 Å². The van der Waals surface area contributed by atoms with Crippen molar-refractivity contribution in [2.24, 2.45) is 11.7 Å². The van der Waals surface area contributed by atoms with Crippen molar-refractivity contribution in [1.82, 2.24) is 10.2 Å². The van der Waals surface area contributed by atoms with E-state index in [1.807, 2.05) is 25.1 Å². The number of ether oxygens (including phenoxy) is 1. The molecule has 2 aromatic rings. The highest BCUT2D eigenvalue weighted by Crippen LogP contribution is 2.31. The van der Waals surface area contributed by atoms with E-state index in [-0.39, 0.29) is 6.10 Å². The van der Waals surface area contributed by atoms with Crippen LogP contribution in [-0.4, -0.2) is 22.8 Å². The van der Waals surface area contributed by atoms with Crippen molar-refractivity contribution in [1.29, 1.82) is 0 Å². The maximum atomic E-state index is 6.09. The van der Waals surface area contributed by atoms with Gasteiger partial charge in [-0.2, -0.15) is 5.10 Å². The molecule has 1 aliphatic carbocycles. The highest BCUT2D eigenvalue weighted by molar-refractivity contribution is 5.88. The van der Waals surface area contributed by atoms with Crippen LogP contribution in [0.25, 0.3) is 10.8 Å². The summed E-state index contributed by atoms with van der Waals surface area (Å²) < 4.78 is 6.09. The molecule has 1 fully saturated rings. The normalized spacial score (nSPS) is 22.8. The lowest BCUT2D eigenvalue weighted by atomic mass is 10.1. The van der Waals surface area contributed by atoms with Crippen molar-refractivity contribution in [3.8, 4) is 5.88 Å². The molecule has 100 valence electrons. The van der Waals surface area contributed by atoms with Crippen LogP contribution < -0.4 is 10.5 Å². The molecule has 1 aliphatic rings. The number of rotatable bonds is 3. The molecule has 0 amide bonds. The van der Waals surface area contributed by atoms with Gasteiger partial charge in [0.15, 0.2) is 0 Å². The van der Waals surface area contributed by atoms with Gasteiger partial charge >= 0.3 is 0 Å². The van der Waals surface area contributed by atoms with E-state index < -0.39 is 0 Å². The lowest BCUT2D eigenvalue weighted by Crippen LogP contribution is -2.28. The molecule has 1 heterocycles. The van der Waals surface area contributed by atoms with Crippen LogP contribution in [0.3, 0.4) is 0 Å². The van der Waals surface area contributed by atoms with Gasteiger partial charge < -0.3 is 10.5 Å². The Morgan fingerprint density at radius 1 is 1.21 bits per heavy atom. The van der Waals surface area contributed by atoms with Gasteiger partial charge in [-0.1, -0.05) is 18.2 Å². The third-order valence-electron chi connectivity index (χ3n) is 3.99. The van der Waals surface area contributed by atoms with Crippen molar-refractivity contribution >= 4 is 10.8 Å². The minimum Gasteiger partial charge on any atom is -0.473 e. The summed E-state index contributed by atoms with van der Waals surface area (Å²) in [5, 5.41) is 10.6. The van der Waals surface area contributed by atoms with E-state index in [9.17, 15) is 0 Å². The van der Waals surface area contributed by atoms with Gasteiger partial charge in [0.2, 0.25) is 5.88 Å². The van der Waals surface area contributed by atoms with Gasteiger partial charge in [0.05, 0.1) is 5.69 Å². The number of nitrogens with zero attached hydrogens (tertiary/aromatic N) is 2. The standard InChI is InChI=1S/C15H19N3O/c1-10-12-6-2-3-7-13(12)15(18-17-10)19-14-8-4-5-11(14)9-16/h2-3,6-7,11,14H,4-5,8-9,16H2,1H3. The van der Waals surface area contributed by atoms with Crippen molar-refractivity contribution in [2.45, 2.75) is 32.3 Å². The monoisotopic (exact) mass is 257 g/mol. The van der Waals surface area contributed by atoms with Crippen LogP contribution in [-0.2, 0) is 0 Å². The summed E-state index contributed by atoms with van der Waals surface area (Å²) in [4.78, 5) is 0. The second kappa shape index (κ2) is 5.13. The summed E-state index contributed by atoms with van der Waals surface area (Å²) in [6, 6.07) is 8.12. The zero-order valence-electron chi connectivity index (χ0n) is 11.2. The zero-order valence-corrected chi connectivity index (χ0v) is 11.2. The Bertz CT molecular complexity index is 585. The molecule has 0 spiro atoms. The van der Waals surface area contributed by atoms with Crippen LogP contribution in [0.4, 0.5) is 0 Å². The molecule has 1 aromatic heterocycles. The van der Waals surface area contributed by atoms with E-state index in [4.69, 9.17) is 10.5 Å². The molecular weight excluding hydrogens is 238 g/mol. The second-order valence-corrected chi connectivity index (χ2v) is 5.22. The largest absolute Gasteiger partial charge is 0.473 e. The minimum absolute atomic E-state index is 0.186. The number of aryl methyl sites for hydroxylation is 1. The number of fused-ring (bicyclic) bond motifs is 1.